The van der Waals surface area contributed by atoms with Crippen LogP contribution in [0, 0.1) is 5.41 Å². The number of carbonyl (C=O) groups is 2. The fraction of sp³-hybridized carbons (Fsp3) is 0.273. The van der Waals surface area contributed by atoms with Crippen LogP contribution >= 0.6 is 0 Å². The standard InChI is InChI=1S/C33H33NO4/c1-22-29(32(36)38-21-24-12-8-5-9-13-24)30(31-27(34-22)18-33(2,3)19-28(31)35)25-14-16-26(17-15-25)37-20-23-10-6-4-7-11-23/h4-17,30,34H,18-21H2,1-3H3. The third-order valence-corrected chi connectivity index (χ3v) is 7.13. The van der Waals surface area contributed by atoms with Crippen molar-refractivity contribution in [2.24, 2.45) is 5.41 Å². The molecule has 1 aliphatic heterocycles. The Labute approximate surface area is 224 Å². The Hall–Kier alpha value is -4.12. The van der Waals surface area contributed by atoms with E-state index < -0.39 is 11.9 Å². The summed E-state index contributed by atoms with van der Waals surface area (Å²) in [6.45, 7) is 6.73. The quantitative estimate of drug-likeness (QED) is 0.365. The van der Waals surface area contributed by atoms with Crippen LogP contribution in [0.1, 0.15) is 56.2 Å². The largest absolute Gasteiger partial charge is 0.489 e. The molecule has 1 atom stereocenters. The molecule has 194 valence electrons. The summed E-state index contributed by atoms with van der Waals surface area (Å²) < 4.78 is 11.7. The predicted octanol–water partition coefficient (Wildman–Crippen LogP) is 6.61. The zero-order valence-electron chi connectivity index (χ0n) is 22.1. The lowest BCUT2D eigenvalue weighted by Crippen LogP contribution is -2.38. The second kappa shape index (κ2) is 10.7. The molecular formula is C33H33NO4. The van der Waals surface area contributed by atoms with Crippen molar-refractivity contribution < 1.29 is 19.1 Å². The molecule has 1 N–H and O–H groups in total. The minimum absolute atomic E-state index is 0.0685. The summed E-state index contributed by atoms with van der Waals surface area (Å²) in [5.41, 5.74) is 5.49. The number of hydrogen-bond donors (Lipinski definition) is 1. The fourth-order valence-electron chi connectivity index (χ4n) is 5.34. The van der Waals surface area contributed by atoms with Gasteiger partial charge in [0, 0.05) is 29.3 Å². The average molecular weight is 508 g/mol. The summed E-state index contributed by atoms with van der Waals surface area (Å²) >= 11 is 0. The van der Waals surface area contributed by atoms with Crippen molar-refractivity contribution in [3.63, 3.8) is 0 Å². The van der Waals surface area contributed by atoms with E-state index in [4.69, 9.17) is 9.47 Å². The van der Waals surface area contributed by atoms with Crippen LogP contribution in [0.3, 0.4) is 0 Å². The Kier molecular flexibility index (Phi) is 7.19. The van der Waals surface area contributed by atoms with Crippen molar-refractivity contribution in [2.45, 2.75) is 52.7 Å². The first-order valence-corrected chi connectivity index (χ1v) is 13.0. The van der Waals surface area contributed by atoms with Gasteiger partial charge in [-0.1, -0.05) is 86.6 Å². The van der Waals surface area contributed by atoms with Crippen molar-refractivity contribution in [3.05, 3.63) is 124 Å². The Balaban J connectivity index is 1.45. The lowest BCUT2D eigenvalue weighted by molar-refractivity contribution is -0.140. The lowest BCUT2D eigenvalue weighted by Gasteiger charge is -2.39. The molecule has 2 aliphatic rings. The second-order valence-electron chi connectivity index (χ2n) is 10.8. The van der Waals surface area contributed by atoms with Crippen LogP contribution in [0.4, 0.5) is 0 Å². The molecule has 0 aromatic heterocycles. The van der Waals surface area contributed by atoms with Crippen LogP contribution in [-0.2, 0) is 27.5 Å². The summed E-state index contributed by atoms with van der Waals surface area (Å²) in [6.07, 6.45) is 1.18. The van der Waals surface area contributed by atoms with E-state index in [2.05, 4.69) is 19.2 Å². The molecule has 1 unspecified atom stereocenters. The van der Waals surface area contributed by atoms with Gasteiger partial charge in [0.2, 0.25) is 0 Å². The summed E-state index contributed by atoms with van der Waals surface area (Å²) in [4.78, 5) is 27.0. The maximum absolute atomic E-state index is 13.5. The summed E-state index contributed by atoms with van der Waals surface area (Å²) in [5, 5.41) is 3.40. The number of nitrogens with one attached hydrogen (secondary N) is 1. The zero-order valence-corrected chi connectivity index (χ0v) is 22.1. The molecule has 5 nitrogen and oxygen atoms in total. The van der Waals surface area contributed by atoms with Gasteiger partial charge in [-0.25, -0.2) is 4.79 Å². The Bertz CT molecular complexity index is 1390. The number of dihydropyridines is 1. The molecule has 3 aromatic carbocycles. The molecular weight excluding hydrogens is 474 g/mol. The summed E-state index contributed by atoms with van der Waals surface area (Å²) in [7, 11) is 0. The van der Waals surface area contributed by atoms with E-state index in [-0.39, 0.29) is 17.8 Å². The molecule has 0 bridgehead atoms. The third-order valence-electron chi connectivity index (χ3n) is 7.13. The summed E-state index contributed by atoms with van der Waals surface area (Å²) in [6, 6.07) is 27.3. The summed E-state index contributed by atoms with van der Waals surface area (Å²) in [5.74, 6) is -0.122. The van der Waals surface area contributed by atoms with Gasteiger partial charge in [0.1, 0.15) is 19.0 Å². The van der Waals surface area contributed by atoms with Crippen LogP contribution in [0.5, 0.6) is 5.75 Å². The molecule has 0 spiro atoms. The van der Waals surface area contributed by atoms with Gasteiger partial charge in [0.15, 0.2) is 5.78 Å². The molecule has 0 amide bonds. The van der Waals surface area contributed by atoms with Gasteiger partial charge in [-0.05, 0) is 47.6 Å². The van der Waals surface area contributed by atoms with E-state index in [0.717, 1.165) is 40.3 Å². The predicted molar refractivity (Wildman–Crippen MR) is 147 cm³/mol. The third kappa shape index (κ3) is 5.57. The molecule has 5 rings (SSSR count). The number of hydrogen-bond acceptors (Lipinski definition) is 5. The van der Waals surface area contributed by atoms with Crippen molar-refractivity contribution in [2.75, 3.05) is 0 Å². The maximum atomic E-state index is 13.5. The Morgan fingerprint density at radius 1 is 0.868 bits per heavy atom. The molecule has 0 saturated carbocycles. The number of benzene rings is 3. The van der Waals surface area contributed by atoms with Crippen molar-refractivity contribution in [1.29, 1.82) is 0 Å². The Morgan fingerprint density at radius 3 is 2.11 bits per heavy atom. The van der Waals surface area contributed by atoms with Gasteiger partial charge in [-0.15, -0.1) is 0 Å². The molecule has 38 heavy (non-hydrogen) atoms. The van der Waals surface area contributed by atoms with Crippen LogP contribution < -0.4 is 10.1 Å². The van der Waals surface area contributed by atoms with Crippen LogP contribution in [0.15, 0.2) is 107 Å². The van der Waals surface area contributed by atoms with Gasteiger partial charge in [0.25, 0.3) is 0 Å². The van der Waals surface area contributed by atoms with Crippen LogP contribution in [0.2, 0.25) is 0 Å². The van der Waals surface area contributed by atoms with Gasteiger partial charge < -0.3 is 14.8 Å². The molecule has 0 fully saturated rings. The first-order chi connectivity index (χ1) is 18.3. The molecule has 1 aliphatic carbocycles. The van der Waals surface area contributed by atoms with Crippen molar-refractivity contribution in [3.8, 4) is 5.75 Å². The minimum atomic E-state index is -0.499. The number of rotatable bonds is 7. The lowest BCUT2D eigenvalue weighted by atomic mass is 9.68. The SMILES string of the molecule is CC1=C(C(=O)OCc2ccccc2)C(c2ccc(OCc3ccccc3)cc2)C2=C(CC(C)(C)CC2=O)N1. The van der Waals surface area contributed by atoms with E-state index in [9.17, 15) is 9.59 Å². The highest BCUT2D eigenvalue weighted by Crippen LogP contribution is 2.47. The van der Waals surface area contributed by atoms with Gasteiger partial charge in [-0.3, -0.25) is 4.79 Å². The molecule has 0 saturated heterocycles. The smallest absolute Gasteiger partial charge is 0.337 e. The van der Waals surface area contributed by atoms with Gasteiger partial charge in [0.05, 0.1) is 5.57 Å². The number of esters is 1. The topological polar surface area (TPSA) is 64.6 Å². The van der Waals surface area contributed by atoms with Gasteiger partial charge >= 0.3 is 5.97 Å². The highest BCUT2D eigenvalue weighted by atomic mass is 16.5. The molecule has 3 aromatic rings. The monoisotopic (exact) mass is 507 g/mol. The fourth-order valence-corrected chi connectivity index (χ4v) is 5.34. The Morgan fingerprint density at radius 2 is 1.47 bits per heavy atom. The van der Waals surface area contributed by atoms with Gasteiger partial charge in [-0.2, -0.15) is 0 Å². The molecule has 0 radical (unpaired) electrons. The zero-order chi connectivity index (χ0) is 26.7. The number of ketones is 1. The number of ether oxygens (including phenoxy) is 2. The van der Waals surface area contributed by atoms with E-state index in [0.29, 0.717) is 24.2 Å². The number of Topliss-reactive ketones (excluding diaryl/α,β-unsaturated/α-hetero) is 1. The normalized spacial score (nSPS) is 18.5. The van der Waals surface area contributed by atoms with E-state index in [1.165, 1.54) is 0 Å². The minimum Gasteiger partial charge on any atom is -0.489 e. The number of carbonyl (C=O) groups excluding carboxylic acids is 2. The highest BCUT2D eigenvalue weighted by Gasteiger charge is 2.43. The van der Waals surface area contributed by atoms with E-state index >= 15 is 0 Å². The van der Waals surface area contributed by atoms with Crippen molar-refractivity contribution >= 4 is 11.8 Å². The molecule has 1 heterocycles. The first kappa shape index (κ1) is 25.5. The molecule has 5 heteroatoms. The first-order valence-electron chi connectivity index (χ1n) is 13.0. The van der Waals surface area contributed by atoms with Crippen LogP contribution in [-0.4, -0.2) is 11.8 Å². The van der Waals surface area contributed by atoms with E-state index in [1.807, 2.05) is 91.9 Å². The van der Waals surface area contributed by atoms with E-state index in [1.54, 1.807) is 0 Å². The number of allylic oxidation sites excluding steroid dienone is 3. The van der Waals surface area contributed by atoms with Crippen LogP contribution in [0.25, 0.3) is 0 Å². The second-order valence-corrected chi connectivity index (χ2v) is 10.8. The van der Waals surface area contributed by atoms with Crippen molar-refractivity contribution in [1.82, 2.24) is 5.32 Å². The maximum Gasteiger partial charge on any atom is 0.337 e. The highest BCUT2D eigenvalue weighted by molar-refractivity contribution is 6.04. The average Bonchev–Trinajstić information content (AvgIpc) is 2.90.